The zero-order chi connectivity index (χ0) is 21.7. The van der Waals surface area contributed by atoms with Gasteiger partial charge in [0, 0.05) is 6.42 Å². The Morgan fingerprint density at radius 2 is 1.77 bits per heavy atom. The number of rotatable bonds is 8. The highest BCUT2D eigenvalue weighted by Crippen LogP contribution is 2.35. The van der Waals surface area contributed by atoms with E-state index in [2.05, 4.69) is 0 Å². The van der Waals surface area contributed by atoms with Gasteiger partial charge in [-0.15, -0.1) is 0 Å². The number of ether oxygens (including phenoxy) is 1. The first-order valence-electron chi connectivity index (χ1n) is 8.83. The third-order valence-electron chi connectivity index (χ3n) is 4.23. The van der Waals surface area contributed by atoms with Crippen LogP contribution in [0.15, 0.2) is 59.5 Å². The summed E-state index contributed by atoms with van der Waals surface area (Å²) in [6.45, 7) is -0.448. The van der Waals surface area contributed by atoms with Crippen LogP contribution in [0.4, 0.5) is 0 Å². The molecule has 154 valence electrons. The summed E-state index contributed by atoms with van der Waals surface area (Å²) in [5.74, 6) is -2.28. The van der Waals surface area contributed by atoms with Crippen LogP contribution in [0.25, 0.3) is 6.08 Å². The predicted octanol–water partition coefficient (Wildman–Crippen LogP) is 3.05. The first-order valence-corrected chi connectivity index (χ1v) is 10.1. The molecule has 0 radical (unpaired) electrons. The second-order valence-electron chi connectivity index (χ2n) is 6.35. The van der Waals surface area contributed by atoms with Gasteiger partial charge in [-0.05, 0) is 29.3 Å². The summed E-state index contributed by atoms with van der Waals surface area (Å²) in [7, 11) is 0. The van der Waals surface area contributed by atoms with Crippen molar-refractivity contribution in [2.75, 3.05) is 6.61 Å². The van der Waals surface area contributed by atoms with Crippen LogP contribution in [-0.2, 0) is 20.8 Å². The van der Waals surface area contributed by atoms with Crippen LogP contribution in [0.3, 0.4) is 0 Å². The first-order chi connectivity index (χ1) is 14.3. The number of hydrogen-bond donors (Lipinski definition) is 2. The number of aliphatic carboxylic acids is 2. The lowest BCUT2D eigenvalue weighted by Gasteiger charge is -2.23. The smallest absolute Gasteiger partial charge is 0.341 e. The van der Waals surface area contributed by atoms with Gasteiger partial charge < -0.3 is 14.9 Å². The molecule has 1 atom stereocenters. The number of hydrogen-bond acceptors (Lipinski definition) is 6. The van der Waals surface area contributed by atoms with E-state index < -0.39 is 30.5 Å². The fraction of sp³-hybridized carbons (Fsp3) is 0.143. The van der Waals surface area contributed by atoms with E-state index in [1.54, 1.807) is 42.5 Å². The third kappa shape index (κ3) is 5.25. The van der Waals surface area contributed by atoms with Crippen molar-refractivity contribution in [2.45, 2.75) is 12.5 Å². The number of carbonyl (C=O) groups is 3. The molecule has 1 saturated heterocycles. The minimum atomic E-state index is -1.13. The average molecular weight is 444 g/mol. The van der Waals surface area contributed by atoms with Crippen molar-refractivity contribution in [2.24, 2.45) is 0 Å². The molecule has 2 aromatic rings. The van der Waals surface area contributed by atoms with Crippen LogP contribution >= 0.6 is 24.0 Å². The SMILES string of the molecule is O=C(O)COc1ccc(/C=C2\SC(=S)N(C(Cc3ccccc3)C(=O)O)C2=O)cc1. The summed E-state index contributed by atoms with van der Waals surface area (Å²) in [6.07, 6.45) is 1.76. The normalized spacial score (nSPS) is 16.0. The van der Waals surface area contributed by atoms with Crippen LogP contribution < -0.4 is 4.74 Å². The van der Waals surface area contributed by atoms with E-state index in [-0.39, 0.29) is 10.7 Å². The number of carboxylic acid groups (broad SMARTS) is 2. The van der Waals surface area contributed by atoms with Gasteiger partial charge in [-0.3, -0.25) is 9.69 Å². The molecule has 1 heterocycles. The Hall–Kier alpha value is -3.17. The predicted molar refractivity (Wildman–Crippen MR) is 116 cm³/mol. The van der Waals surface area contributed by atoms with Gasteiger partial charge in [-0.25, -0.2) is 9.59 Å². The van der Waals surface area contributed by atoms with Gasteiger partial charge >= 0.3 is 11.9 Å². The van der Waals surface area contributed by atoms with Gasteiger partial charge in [0.2, 0.25) is 0 Å². The molecule has 30 heavy (non-hydrogen) atoms. The minimum Gasteiger partial charge on any atom is -0.482 e. The second kappa shape index (κ2) is 9.55. The molecular weight excluding hydrogens is 426 g/mol. The van der Waals surface area contributed by atoms with Gasteiger partial charge in [0.15, 0.2) is 6.61 Å². The standard InChI is InChI=1S/C21H17NO6S2/c23-18(24)12-28-15-8-6-14(7-9-15)11-17-19(25)22(21(29)30-17)16(20(26)27)10-13-4-2-1-3-5-13/h1-9,11,16H,10,12H2,(H,23,24)(H,26,27)/b17-11-. The Kier molecular flexibility index (Phi) is 6.86. The Morgan fingerprint density at radius 3 is 2.37 bits per heavy atom. The summed E-state index contributed by atoms with van der Waals surface area (Å²) in [5.41, 5.74) is 1.47. The van der Waals surface area contributed by atoms with Gasteiger partial charge in [0.05, 0.1) is 4.91 Å². The molecule has 1 amide bonds. The fourth-order valence-corrected chi connectivity index (χ4v) is 4.19. The van der Waals surface area contributed by atoms with Crippen LogP contribution in [0, 0.1) is 0 Å². The van der Waals surface area contributed by atoms with E-state index >= 15 is 0 Å². The monoisotopic (exact) mass is 443 g/mol. The van der Waals surface area contributed by atoms with E-state index in [9.17, 15) is 19.5 Å². The molecule has 7 nitrogen and oxygen atoms in total. The molecular formula is C21H17NO6S2. The number of thioether (sulfide) groups is 1. The first kappa shape index (κ1) is 21.5. The molecule has 0 spiro atoms. The molecule has 0 bridgehead atoms. The lowest BCUT2D eigenvalue weighted by Crippen LogP contribution is -2.45. The van der Waals surface area contributed by atoms with Gasteiger partial charge in [0.1, 0.15) is 16.1 Å². The highest BCUT2D eigenvalue weighted by Gasteiger charge is 2.40. The maximum atomic E-state index is 12.9. The molecule has 1 fully saturated rings. The van der Waals surface area contributed by atoms with E-state index in [0.717, 1.165) is 22.2 Å². The van der Waals surface area contributed by atoms with Crippen LogP contribution in [0.2, 0.25) is 0 Å². The molecule has 0 saturated carbocycles. The van der Waals surface area contributed by atoms with Crippen LogP contribution in [-0.4, -0.2) is 49.9 Å². The lowest BCUT2D eigenvalue weighted by atomic mass is 10.0. The van der Waals surface area contributed by atoms with Crippen LogP contribution in [0.5, 0.6) is 5.75 Å². The summed E-state index contributed by atoms with van der Waals surface area (Å²) in [4.78, 5) is 36.8. The van der Waals surface area contributed by atoms with Crippen molar-refractivity contribution in [3.05, 3.63) is 70.6 Å². The number of benzene rings is 2. The second-order valence-corrected chi connectivity index (χ2v) is 8.02. The molecule has 3 rings (SSSR count). The minimum absolute atomic E-state index is 0.144. The summed E-state index contributed by atoms with van der Waals surface area (Å²) in [5, 5.41) is 18.3. The maximum Gasteiger partial charge on any atom is 0.341 e. The van der Waals surface area contributed by atoms with Crippen LogP contribution in [0.1, 0.15) is 11.1 Å². The largest absolute Gasteiger partial charge is 0.482 e. The van der Waals surface area contributed by atoms with Crippen molar-refractivity contribution >= 4 is 52.2 Å². The Morgan fingerprint density at radius 1 is 1.10 bits per heavy atom. The van der Waals surface area contributed by atoms with Crippen molar-refractivity contribution in [3.63, 3.8) is 0 Å². The van der Waals surface area contributed by atoms with Gasteiger partial charge in [-0.1, -0.05) is 66.4 Å². The Bertz CT molecular complexity index is 1000. The number of carbonyl (C=O) groups excluding carboxylic acids is 1. The number of nitrogens with zero attached hydrogens (tertiary/aromatic N) is 1. The van der Waals surface area contributed by atoms with E-state index in [1.807, 2.05) is 18.2 Å². The van der Waals surface area contributed by atoms with Crippen molar-refractivity contribution in [1.29, 1.82) is 0 Å². The quantitative estimate of drug-likeness (QED) is 0.474. The van der Waals surface area contributed by atoms with Crippen molar-refractivity contribution < 1.29 is 29.3 Å². The summed E-state index contributed by atoms with van der Waals surface area (Å²) >= 11 is 6.34. The summed E-state index contributed by atoms with van der Waals surface area (Å²) < 4.78 is 5.27. The lowest BCUT2D eigenvalue weighted by molar-refractivity contribution is -0.145. The van der Waals surface area contributed by atoms with E-state index in [0.29, 0.717) is 16.2 Å². The zero-order valence-electron chi connectivity index (χ0n) is 15.6. The van der Waals surface area contributed by atoms with Crippen molar-refractivity contribution in [1.82, 2.24) is 4.90 Å². The Balaban J connectivity index is 1.77. The zero-order valence-corrected chi connectivity index (χ0v) is 17.2. The van der Waals surface area contributed by atoms with Gasteiger partial charge in [-0.2, -0.15) is 0 Å². The molecule has 0 aromatic heterocycles. The number of carboxylic acids is 2. The third-order valence-corrected chi connectivity index (χ3v) is 5.56. The highest BCUT2D eigenvalue weighted by molar-refractivity contribution is 8.26. The number of amides is 1. The average Bonchev–Trinajstić information content (AvgIpc) is 2.99. The molecule has 1 unspecified atom stereocenters. The molecule has 1 aliphatic heterocycles. The number of thiocarbonyl (C=S) groups is 1. The maximum absolute atomic E-state index is 12.9. The molecule has 0 aliphatic carbocycles. The molecule has 1 aliphatic rings. The molecule has 2 aromatic carbocycles. The van der Waals surface area contributed by atoms with Gasteiger partial charge in [0.25, 0.3) is 5.91 Å². The highest BCUT2D eigenvalue weighted by atomic mass is 32.2. The molecule has 9 heteroatoms. The fourth-order valence-electron chi connectivity index (χ4n) is 2.83. The van der Waals surface area contributed by atoms with E-state index in [1.165, 1.54) is 0 Å². The molecule has 2 N–H and O–H groups in total. The van der Waals surface area contributed by atoms with Crippen molar-refractivity contribution in [3.8, 4) is 5.75 Å². The van der Waals surface area contributed by atoms with E-state index in [4.69, 9.17) is 22.1 Å². The summed E-state index contributed by atoms with van der Waals surface area (Å²) in [6, 6.07) is 14.5. The Labute approximate surface area is 182 Å². The topological polar surface area (TPSA) is 104 Å².